The number of fused-ring (bicyclic) bond motifs is 1. The summed E-state index contributed by atoms with van der Waals surface area (Å²) >= 11 is 1.32. The standard InChI is InChI=1S/C23H27N5O2S/c1-15(22(29)25-20-9-5-7-17-6-3-4-8-19(17)20)31-23-27-26-21(28(23)24)14-16-10-12-18(30-2)13-11-16/h3-4,6,8,10-13,15,20H,5,7,9,14,24H2,1-2H3,(H,25,29)/t15-,20-/m1/s1. The Morgan fingerprint density at radius 3 is 2.81 bits per heavy atom. The van der Waals surface area contributed by atoms with Gasteiger partial charge in [-0.15, -0.1) is 10.2 Å². The highest BCUT2D eigenvalue weighted by Gasteiger charge is 2.25. The topological polar surface area (TPSA) is 95.1 Å². The average Bonchev–Trinajstić information content (AvgIpc) is 3.13. The molecule has 1 aliphatic carbocycles. The maximum Gasteiger partial charge on any atom is 0.233 e. The second-order valence-electron chi connectivity index (χ2n) is 7.71. The Hall–Kier alpha value is -3.00. The van der Waals surface area contributed by atoms with Crippen molar-refractivity contribution in [2.75, 3.05) is 13.0 Å². The van der Waals surface area contributed by atoms with Crippen LogP contribution in [0.5, 0.6) is 5.75 Å². The van der Waals surface area contributed by atoms with Crippen molar-refractivity contribution in [3.63, 3.8) is 0 Å². The van der Waals surface area contributed by atoms with Crippen LogP contribution in [-0.2, 0) is 17.6 Å². The van der Waals surface area contributed by atoms with Crippen molar-refractivity contribution in [3.05, 3.63) is 71.0 Å². The van der Waals surface area contributed by atoms with E-state index in [9.17, 15) is 4.79 Å². The van der Waals surface area contributed by atoms with E-state index in [1.165, 1.54) is 27.6 Å². The van der Waals surface area contributed by atoms with E-state index in [4.69, 9.17) is 10.6 Å². The predicted octanol–water partition coefficient (Wildman–Crippen LogP) is 3.27. The number of rotatable bonds is 7. The Labute approximate surface area is 186 Å². The van der Waals surface area contributed by atoms with Crippen LogP contribution in [0, 0.1) is 0 Å². The molecule has 2 atom stereocenters. The summed E-state index contributed by atoms with van der Waals surface area (Å²) < 4.78 is 6.65. The van der Waals surface area contributed by atoms with Crippen molar-refractivity contribution in [1.29, 1.82) is 0 Å². The number of carbonyl (C=O) groups is 1. The summed E-state index contributed by atoms with van der Waals surface area (Å²) in [6.45, 7) is 1.87. The van der Waals surface area contributed by atoms with Crippen LogP contribution in [0.1, 0.15) is 48.3 Å². The van der Waals surface area contributed by atoms with Gasteiger partial charge >= 0.3 is 0 Å². The Balaban J connectivity index is 1.38. The largest absolute Gasteiger partial charge is 0.497 e. The van der Waals surface area contributed by atoms with Gasteiger partial charge in [0.2, 0.25) is 11.1 Å². The number of benzene rings is 2. The highest BCUT2D eigenvalue weighted by atomic mass is 32.2. The quantitative estimate of drug-likeness (QED) is 0.435. The number of methoxy groups -OCH3 is 1. The average molecular weight is 438 g/mol. The van der Waals surface area contributed by atoms with Crippen molar-refractivity contribution in [2.24, 2.45) is 0 Å². The van der Waals surface area contributed by atoms with Gasteiger partial charge in [-0.25, -0.2) is 4.68 Å². The van der Waals surface area contributed by atoms with E-state index in [0.29, 0.717) is 17.4 Å². The lowest BCUT2D eigenvalue weighted by atomic mass is 9.88. The first-order chi connectivity index (χ1) is 15.0. The minimum Gasteiger partial charge on any atom is -0.497 e. The number of hydrogen-bond acceptors (Lipinski definition) is 6. The first-order valence-corrected chi connectivity index (χ1v) is 11.3. The molecule has 0 fully saturated rings. The van der Waals surface area contributed by atoms with Crippen molar-refractivity contribution in [2.45, 2.75) is 49.1 Å². The minimum atomic E-state index is -0.338. The summed E-state index contributed by atoms with van der Waals surface area (Å²) in [7, 11) is 1.64. The maximum atomic E-state index is 12.9. The van der Waals surface area contributed by atoms with Crippen molar-refractivity contribution >= 4 is 17.7 Å². The number of nitrogens with zero attached hydrogens (tertiary/aromatic N) is 3. The van der Waals surface area contributed by atoms with Gasteiger partial charge in [0.1, 0.15) is 5.75 Å². The fourth-order valence-corrected chi connectivity index (χ4v) is 4.64. The molecule has 8 heteroatoms. The van der Waals surface area contributed by atoms with Crippen LogP contribution in [0.15, 0.2) is 53.7 Å². The molecule has 3 aromatic rings. The molecule has 0 spiro atoms. The summed E-state index contributed by atoms with van der Waals surface area (Å²) in [6, 6.07) is 16.1. The number of ether oxygens (including phenoxy) is 1. The summed E-state index contributed by atoms with van der Waals surface area (Å²) in [4.78, 5) is 12.9. The molecule has 4 rings (SSSR count). The number of aryl methyl sites for hydroxylation is 1. The lowest BCUT2D eigenvalue weighted by molar-refractivity contribution is -0.121. The molecule has 0 bridgehead atoms. The molecule has 1 aromatic heterocycles. The van der Waals surface area contributed by atoms with Gasteiger partial charge in [0, 0.05) is 6.42 Å². The molecule has 162 valence electrons. The van der Waals surface area contributed by atoms with E-state index in [1.807, 2.05) is 37.3 Å². The number of thioether (sulfide) groups is 1. The van der Waals surface area contributed by atoms with Gasteiger partial charge in [-0.1, -0.05) is 48.2 Å². The van der Waals surface area contributed by atoms with Crippen LogP contribution in [0.3, 0.4) is 0 Å². The van der Waals surface area contributed by atoms with Gasteiger partial charge < -0.3 is 15.9 Å². The molecule has 1 heterocycles. The van der Waals surface area contributed by atoms with Crippen molar-refractivity contribution < 1.29 is 9.53 Å². The fraction of sp³-hybridized carbons (Fsp3) is 0.348. The van der Waals surface area contributed by atoms with Crippen molar-refractivity contribution in [1.82, 2.24) is 20.2 Å². The van der Waals surface area contributed by atoms with Crippen LogP contribution in [0.25, 0.3) is 0 Å². The third kappa shape index (κ3) is 4.85. The van der Waals surface area contributed by atoms with Gasteiger partial charge in [-0.05, 0) is 55.0 Å². The number of nitrogen functional groups attached to an aromatic ring is 1. The lowest BCUT2D eigenvalue weighted by Gasteiger charge is -2.27. The van der Waals surface area contributed by atoms with Crippen molar-refractivity contribution in [3.8, 4) is 5.75 Å². The first kappa shape index (κ1) is 21.2. The summed E-state index contributed by atoms with van der Waals surface area (Å²) in [5.41, 5.74) is 3.60. The lowest BCUT2D eigenvalue weighted by Crippen LogP contribution is -2.36. The summed E-state index contributed by atoms with van der Waals surface area (Å²) in [6.07, 6.45) is 3.65. The smallest absolute Gasteiger partial charge is 0.233 e. The van der Waals surface area contributed by atoms with Crippen LogP contribution >= 0.6 is 11.8 Å². The fourth-order valence-electron chi connectivity index (χ4n) is 3.84. The zero-order chi connectivity index (χ0) is 21.8. The third-order valence-corrected chi connectivity index (χ3v) is 6.65. The van der Waals surface area contributed by atoms with E-state index < -0.39 is 0 Å². The van der Waals surface area contributed by atoms with E-state index in [0.717, 1.165) is 30.6 Å². The van der Waals surface area contributed by atoms with E-state index in [2.05, 4.69) is 33.7 Å². The minimum absolute atomic E-state index is 0.0218. The molecule has 0 aliphatic heterocycles. The third-order valence-electron chi connectivity index (χ3n) is 5.59. The predicted molar refractivity (Wildman–Crippen MR) is 122 cm³/mol. The molecule has 1 amide bonds. The molecule has 3 N–H and O–H groups in total. The SMILES string of the molecule is COc1ccc(Cc2nnc(S[C@H](C)C(=O)N[C@@H]3CCCc4ccccc43)n2N)cc1. The van der Waals surface area contributed by atoms with Gasteiger partial charge in [0.25, 0.3) is 0 Å². The molecule has 7 nitrogen and oxygen atoms in total. The number of nitrogens with two attached hydrogens (primary N) is 1. The Kier molecular flexibility index (Phi) is 6.46. The second kappa shape index (κ2) is 9.43. The summed E-state index contributed by atoms with van der Waals surface area (Å²) in [5.74, 6) is 7.64. The van der Waals surface area contributed by atoms with Gasteiger partial charge in [-0.3, -0.25) is 4.79 Å². The van der Waals surface area contributed by atoms with Gasteiger partial charge in [0.15, 0.2) is 5.82 Å². The molecule has 0 unspecified atom stereocenters. The number of amides is 1. The molecule has 0 radical (unpaired) electrons. The summed E-state index contributed by atoms with van der Waals surface area (Å²) in [5, 5.41) is 11.8. The highest BCUT2D eigenvalue weighted by Crippen LogP contribution is 2.30. The zero-order valence-electron chi connectivity index (χ0n) is 17.7. The van der Waals surface area contributed by atoms with Crippen LogP contribution in [0.2, 0.25) is 0 Å². The molecule has 1 aliphatic rings. The van der Waals surface area contributed by atoms with E-state index >= 15 is 0 Å². The first-order valence-electron chi connectivity index (χ1n) is 10.4. The van der Waals surface area contributed by atoms with Crippen LogP contribution in [-0.4, -0.2) is 33.1 Å². The number of carbonyl (C=O) groups excluding carboxylic acids is 1. The molecular weight excluding hydrogens is 410 g/mol. The van der Waals surface area contributed by atoms with Gasteiger partial charge in [0.05, 0.1) is 18.4 Å². The monoisotopic (exact) mass is 437 g/mol. The van der Waals surface area contributed by atoms with Crippen LogP contribution < -0.4 is 15.9 Å². The van der Waals surface area contributed by atoms with Gasteiger partial charge in [-0.2, -0.15) is 0 Å². The van der Waals surface area contributed by atoms with E-state index in [-0.39, 0.29) is 17.2 Å². The number of aromatic nitrogens is 3. The number of nitrogens with one attached hydrogen (secondary N) is 1. The molecule has 31 heavy (non-hydrogen) atoms. The zero-order valence-corrected chi connectivity index (χ0v) is 18.6. The highest BCUT2D eigenvalue weighted by molar-refractivity contribution is 8.00. The Bertz CT molecular complexity index is 1050. The number of hydrogen-bond donors (Lipinski definition) is 2. The Morgan fingerprint density at radius 2 is 2.03 bits per heavy atom. The normalized spacial score (nSPS) is 16.4. The van der Waals surface area contributed by atoms with E-state index in [1.54, 1.807) is 7.11 Å². The molecule has 0 saturated heterocycles. The second-order valence-corrected chi connectivity index (χ2v) is 9.01. The van der Waals surface area contributed by atoms with Crippen LogP contribution in [0.4, 0.5) is 0 Å². The Morgan fingerprint density at radius 1 is 1.26 bits per heavy atom. The maximum absolute atomic E-state index is 12.9. The molecule has 0 saturated carbocycles. The molecular formula is C23H27N5O2S. The molecule has 2 aromatic carbocycles.